The van der Waals surface area contributed by atoms with Gasteiger partial charge in [-0.05, 0) is 13.0 Å². The number of nitro groups is 1. The van der Waals surface area contributed by atoms with E-state index in [1.165, 1.54) is 0 Å². The molecule has 1 rings (SSSR count). The second-order valence-corrected chi connectivity index (χ2v) is 3.41. The Morgan fingerprint density at radius 2 is 2.11 bits per heavy atom. The maximum absolute atomic E-state index is 12.1. The number of alkyl halides is 3. The van der Waals surface area contributed by atoms with Crippen LogP contribution in [0.2, 0.25) is 0 Å². The van der Waals surface area contributed by atoms with Gasteiger partial charge in [-0.25, -0.2) is 0 Å². The van der Waals surface area contributed by atoms with E-state index >= 15 is 0 Å². The molecular formula is C10H9F3NO4. The summed E-state index contributed by atoms with van der Waals surface area (Å²) in [5.74, 6) is -1.57. The molecule has 0 amide bonds. The van der Waals surface area contributed by atoms with Crippen LogP contribution in [-0.2, 0) is 0 Å². The van der Waals surface area contributed by atoms with Crippen molar-refractivity contribution in [1.82, 2.24) is 0 Å². The first-order valence-electron chi connectivity index (χ1n) is 4.72. The minimum Gasteiger partial charge on any atom is -0.405 e. The molecule has 0 heterocycles. The molecule has 1 aromatic carbocycles. The molecule has 0 saturated carbocycles. The van der Waals surface area contributed by atoms with Gasteiger partial charge in [-0.15, -0.1) is 13.2 Å². The molecule has 0 fully saturated rings. The average Bonchev–Trinajstić information content (AvgIpc) is 2.26. The van der Waals surface area contributed by atoms with Crippen molar-refractivity contribution in [3.05, 3.63) is 40.8 Å². The number of aliphatic hydroxyl groups excluding tert-OH is 1. The lowest BCUT2D eigenvalue weighted by molar-refractivity contribution is -0.385. The lowest BCUT2D eigenvalue weighted by atomic mass is 10.0. The molecule has 8 heteroatoms. The molecule has 0 bridgehead atoms. The predicted octanol–water partition coefficient (Wildman–Crippen LogP) is 2.40. The van der Waals surface area contributed by atoms with Crippen LogP contribution >= 0.6 is 0 Å². The first kappa shape index (κ1) is 14.2. The zero-order valence-electron chi connectivity index (χ0n) is 8.98. The minimum absolute atomic E-state index is 0.177. The molecule has 0 spiro atoms. The molecule has 1 atom stereocenters. The van der Waals surface area contributed by atoms with Gasteiger partial charge in [0.25, 0.3) is 5.69 Å². The Morgan fingerprint density at radius 3 is 2.56 bits per heavy atom. The van der Waals surface area contributed by atoms with Crippen molar-refractivity contribution in [2.45, 2.75) is 12.3 Å². The Bertz CT molecular complexity index is 447. The van der Waals surface area contributed by atoms with Gasteiger partial charge in [0.1, 0.15) is 5.75 Å². The van der Waals surface area contributed by atoms with Crippen LogP contribution in [0.5, 0.6) is 5.75 Å². The number of nitro benzene ring substituents is 1. The summed E-state index contributed by atoms with van der Waals surface area (Å²) in [6.45, 7) is 2.84. The van der Waals surface area contributed by atoms with Crippen LogP contribution in [0.25, 0.3) is 0 Å². The molecular weight excluding hydrogens is 255 g/mol. The Balaban J connectivity index is 3.21. The van der Waals surface area contributed by atoms with Gasteiger partial charge >= 0.3 is 6.36 Å². The third kappa shape index (κ3) is 3.59. The van der Waals surface area contributed by atoms with Crippen molar-refractivity contribution in [3.63, 3.8) is 0 Å². The highest BCUT2D eigenvalue weighted by Gasteiger charge is 2.33. The number of rotatable bonds is 4. The van der Waals surface area contributed by atoms with E-state index < -0.39 is 35.2 Å². The highest BCUT2D eigenvalue weighted by Crippen LogP contribution is 2.33. The molecule has 18 heavy (non-hydrogen) atoms. The van der Waals surface area contributed by atoms with Crippen molar-refractivity contribution < 1.29 is 27.9 Å². The van der Waals surface area contributed by atoms with E-state index in [9.17, 15) is 23.3 Å². The summed E-state index contributed by atoms with van der Waals surface area (Å²) < 4.78 is 40.0. The van der Waals surface area contributed by atoms with Crippen molar-refractivity contribution in [2.24, 2.45) is 0 Å². The summed E-state index contributed by atoms with van der Waals surface area (Å²) in [6, 6.07) is 2.61. The number of hydrogen-bond donors (Lipinski definition) is 1. The standard InChI is InChI=1S/C10H9F3NO4/c1-6(5-15)8-4-7(14(16)17)2-3-9(8)18-10(11,12)13/h2-4,6,15H,1,5H2. The van der Waals surface area contributed by atoms with Gasteiger partial charge in [-0.2, -0.15) is 0 Å². The van der Waals surface area contributed by atoms with E-state index in [1.807, 2.05) is 0 Å². The van der Waals surface area contributed by atoms with E-state index in [4.69, 9.17) is 5.11 Å². The number of benzene rings is 1. The summed E-state index contributed by atoms with van der Waals surface area (Å²) in [5.41, 5.74) is -0.578. The van der Waals surface area contributed by atoms with E-state index in [-0.39, 0.29) is 5.56 Å². The molecule has 0 saturated heterocycles. The fourth-order valence-corrected chi connectivity index (χ4v) is 1.28. The van der Waals surface area contributed by atoms with Crippen LogP contribution < -0.4 is 4.74 Å². The van der Waals surface area contributed by atoms with Gasteiger partial charge in [0.15, 0.2) is 0 Å². The van der Waals surface area contributed by atoms with Crippen molar-refractivity contribution in [2.75, 3.05) is 6.61 Å². The lowest BCUT2D eigenvalue weighted by Crippen LogP contribution is -2.19. The first-order valence-corrected chi connectivity index (χ1v) is 4.72. The average molecular weight is 264 g/mol. The monoisotopic (exact) mass is 264 g/mol. The number of halogens is 3. The van der Waals surface area contributed by atoms with Gasteiger partial charge in [-0.1, -0.05) is 0 Å². The smallest absolute Gasteiger partial charge is 0.405 e. The maximum Gasteiger partial charge on any atom is 0.573 e. The normalized spacial score (nSPS) is 13.2. The molecule has 1 N–H and O–H groups in total. The van der Waals surface area contributed by atoms with Crippen molar-refractivity contribution >= 4 is 5.69 Å². The summed E-state index contributed by atoms with van der Waals surface area (Å²) in [7, 11) is 0. The van der Waals surface area contributed by atoms with Gasteiger partial charge in [-0.3, -0.25) is 10.1 Å². The van der Waals surface area contributed by atoms with Crippen LogP contribution in [0.1, 0.15) is 11.5 Å². The van der Waals surface area contributed by atoms with Gasteiger partial charge in [0.05, 0.1) is 11.5 Å². The molecule has 0 aromatic heterocycles. The Kier molecular flexibility index (Phi) is 4.12. The van der Waals surface area contributed by atoms with E-state index in [0.29, 0.717) is 0 Å². The van der Waals surface area contributed by atoms with Crippen LogP contribution in [0.4, 0.5) is 18.9 Å². The zero-order chi connectivity index (χ0) is 13.9. The van der Waals surface area contributed by atoms with Crippen LogP contribution in [-0.4, -0.2) is 23.0 Å². The second-order valence-electron chi connectivity index (χ2n) is 3.41. The molecule has 1 unspecified atom stereocenters. The number of ether oxygens (including phenoxy) is 1. The third-order valence-corrected chi connectivity index (χ3v) is 2.09. The van der Waals surface area contributed by atoms with E-state index in [1.54, 1.807) is 0 Å². The largest absolute Gasteiger partial charge is 0.573 e. The number of hydrogen-bond acceptors (Lipinski definition) is 4. The van der Waals surface area contributed by atoms with E-state index in [2.05, 4.69) is 11.7 Å². The second kappa shape index (κ2) is 5.21. The Morgan fingerprint density at radius 1 is 1.50 bits per heavy atom. The van der Waals surface area contributed by atoms with Gasteiger partial charge in [0.2, 0.25) is 0 Å². The maximum atomic E-state index is 12.1. The zero-order valence-corrected chi connectivity index (χ0v) is 8.98. The number of non-ortho nitro benzene ring substituents is 1. The van der Waals surface area contributed by atoms with E-state index in [0.717, 1.165) is 18.2 Å². The van der Waals surface area contributed by atoms with Gasteiger partial charge < -0.3 is 9.84 Å². The summed E-state index contributed by atoms with van der Waals surface area (Å²) >= 11 is 0. The molecule has 1 radical (unpaired) electrons. The van der Waals surface area contributed by atoms with Crippen LogP contribution in [0.3, 0.4) is 0 Å². The number of aliphatic hydroxyl groups is 1. The van der Waals surface area contributed by atoms with Gasteiger partial charge in [0, 0.05) is 23.6 Å². The summed E-state index contributed by atoms with van der Waals surface area (Å²) in [5, 5.41) is 19.4. The predicted molar refractivity (Wildman–Crippen MR) is 55.0 cm³/mol. The SMILES string of the molecule is [CH2]C(CO)c1cc([N+](=O)[O-])ccc1OC(F)(F)F. The fraction of sp³-hybridized carbons (Fsp3) is 0.300. The highest BCUT2D eigenvalue weighted by molar-refractivity contribution is 5.46. The molecule has 99 valence electrons. The topological polar surface area (TPSA) is 72.6 Å². The van der Waals surface area contributed by atoms with Crippen molar-refractivity contribution in [3.8, 4) is 5.75 Å². The lowest BCUT2D eigenvalue weighted by Gasteiger charge is -2.16. The Hall–Kier alpha value is -1.83. The summed E-state index contributed by atoms with van der Waals surface area (Å²) in [4.78, 5) is 9.76. The molecule has 5 nitrogen and oxygen atoms in total. The molecule has 1 aromatic rings. The highest BCUT2D eigenvalue weighted by atomic mass is 19.4. The first-order chi connectivity index (χ1) is 8.24. The molecule has 0 aliphatic heterocycles. The quantitative estimate of drug-likeness (QED) is 0.669. The third-order valence-electron chi connectivity index (χ3n) is 2.09. The Labute approximate surface area is 99.9 Å². The minimum atomic E-state index is -4.92. The molecule has 0 aliphatic carbocycles. The van der Waals surface area contributed by atoms with Crippen LogP contribution in [0, 0.1) is 17.0 Å². The molecule has 0 aliphatic rings. The fourth-order valence-electron chi connectivity index (χ4n) is 1.28. The number of nitrogens with zero attached hydrogens (tertiary/aromatic N) is 1. The van der Waals surface area contributed by atoms with Crippen molar-refractivity contribution in [1.29, 1.82) is 0 Å². The van der Waals surface area contributed by atoms with Crippen LogP contribution in [0.15, 0.2) is 18.2 Å². The summed E-state index contributed by atoms with van der Waals surface area (Å²) in [6.07, 6.45) is -4.92.